The number of hydrogen-bond acceptors (Lipinski definition) is 8. The predicted octanol–water partition coefficient (Wildman–Crippen LogP) is 5.29. The Morgan fingerprint density at radius 1 is 0.892 bits per heavy atom. The largest absolute Gasteiger partial charge is 0.465 e. The molecule has 1 aromatic heterocycles. The molecule has 212 valence electrons. The molecular weight excluding hydrogens is 478 g/mol. The first-order valence-electron chi connectivity index (χ1n) is 13.8. The first-order chi connectivity index (χ1) is 17.8. The average Bonchev–Trinajstić information content (AvgIpc) is 3.34. The molecule has 1 heterocycles. The second-order valence-electron chi connectivity index (χ2n) is 9.37. The van der Waals surface area contributed by atoms with E-state index in [1.165, 1.54) is 90.3 Å². The molecule has 0 aliphatic heterocycles. The molecule has 0 saturated heterocycles. The van der Waals surface area contributed by atoms with Crippen molar-refractivity contribution in [1.82, 2.24) is 4.90 Å². The number of likely N-dealkylation sites (N-methyl/N-ethyl adjacent to an activating group) is 1. The van der Waals surface area contributed by atoms with Gasteiger partial charge in [-0.2, -0.15) is 0 Å². The highest BCUT2D eigenvalue weighted by molar-refractivity contribution is 5.90. The van der Waals surface area contributed by atoms with Gasteiger partial charge in [0.1, 0.15) is 0 Å². The Balaban J connectivity index is 2.23. The summed E-state index contributed by atoms with van der Waals surface area (Å²) < 4.78 is 20.8. The summed E-state index contributed by atoms with van der Waals surface area (Å²) in [6.07, 6.45) is 14.0. The predicted molar refractivity (Wildman–Crippen MR) is 140 cm³/mol. The van der Waals surface area contributed by atoms with Crippen molar-refractivity contribution in [3.05, 3.63) is 17.9 Å². The topological polar surface area (TPSA) is 116 Å². The molecule has 1 amide bonds. The fourth-order valence-electron chi connectivity index (χ4n) is 3.98. The number of ether oxygens (including phenoxy) is 3. The van der Waals surface area contributed by atoms with E-state index in [9.17, 15) is 19.5 Å². The van der Waals surface area contributed by atoms with Crippen LogP contribution in [0.2, 0.25) is 0 Å². The molecule has 1 unspecified atom stereocenters. The maximum atomic E-state index is 12.4. The number of esters is 2. The Labute approximate surface area is 221 Å². The van der Waals surface area contributed by atoms with Crippen molar-refractivity contribution in [2.24, 2.45) is 0 Å². The standard InChI is InChI=1S/C28H47NO8/c1-5-7-8-9-10-11-12-13-14-15-16-17-20-35-25-19-18-23(37-25)27(32)36-21-24(31)29(4)26(22(3)30)28(33)34-6-2/h18-19,22,26,30H,5-17,20-21H2,1-4H3/t22?,26-/m0/s1. The highest BCUT2D eigenvalue weighted by Crippen LogP contribution is 2.18. The lowest BCUT2D eigenvalue weighted by atomic mass is 10.1. The first kappa shape index (κ1) is 32.5. The third-order valence-corrected chi connectivity index (χ3v) is 6.15. The first-order valence-corrected chi connectivity index (χ1v) is 13.8. The van der Waals surface area contributed by atoms with E-state index in [0.29, 0.717) is 6.61 Å². The van der Waals surface area contributed by atoms with E-state index in [1.807, 2.05) is 0 Å². The monoisotopic (exact) mass is 525 g/mol. The van der Waals surface area contributed by atoms with Gasteiger partial charge in [0.2, 0.25) is 5.76 Å². The van der Waals surface area contributed by atoms with E-state index < -0.39 is 36.6 Å². The molecule has 0 radical (unpaired) electrons. The summed E-state index contributed by atoms with van der Waals surface area (Å²) in [5.74, 6) is -2.10. The highest BCUT2D eigenvalue weighted by Gasteiger charge is 2.33. The van der Waals surface area contributed by atoms with E-state index in [0.717, 1.165) is 17.7 Å². The quantitative estimate of drug-likeness (QED) is 0.170. The van der Waals surface area contributed by atoms with Crippen LogP contribution in [0.4, 0.5) is 0 Å². The zero-order valence-corrected chi connectivity index (χ0v) is 23.2. The third kappa shape index (κ3) is 13.5. The zero-order valence-electron chi connectivity index (χ0n) is 23.2. The molecule has 1 aromatic rings. The van der Waals surface area contributed by atoms with Gasteiger partial charge in [-0.15, -0.1) is 0 Å². The van der Waals surface area contributed by atoms with Gasteiger partial charge in [-0.1, -0.05) is 77.6 Å². The van der Waals surface area contributed by atoms with Crippen molar-refractivity contribution in [3.8, 4) is 5.95 Å². The van der Waals surface area contributed by atoms with Crippen LogP contribution in [0.25, 0.3) is 0 Å². The molecule has 0 bridgehead atoms. The van der Waals surface area contributed by atoms with Gasteiger partial charge >= 0.3 is 11.9 Å². The SMILES string of the molecule is CCCCCCCCCCCCCCOc1ccc(C(=O)OCC(=O)N(C)[C@H](C(=O)OCC)C(C)O)o1. The molecule has 1 rings (SSSR count). The van der Waals surface area contributed by atoms with E-state index in [1.54, 1.807) is 6.92 Å². The summed E-state index contributed by atoms with van der Waals surface area (Å²) in [5, 5.41) is 9.85. The number of hydrogen-bond donors (Lipinski definition) is 1. The Morgan fingerprint density at radius 3 is 2.00 bits per heavy atom. The van der Waals surface area contributed by atoms with Crippen LogP contribution in [-0.4, -0.2) is 66.9 Å². The maximum absolute atomic E-state index is 12.4. The Hall–Kier alpha value is -2.55. The number of carbonyl (C=O) groups excluding carboxylic acids is 3. The Bertz CT molecular complexity index is 776. The summed E-state index contributed by atoms with van der Waals surface area (Å²) in [6, 6.07) is 1.76. The fraction of sp³-hybridized carbons (Fsp3) is 0.750. The van der Waals surface area contributed by atoms with Crippen LogP contribution in [0, 0.1) is 0 Å². The molecule has 0 aliphatic rings. The van der Waals surface area contributed by atoms with Crippen LogP contribution in [0.3, 0.4) is 0 Å². The summed E-state index contributed by atoms with van der Waals surface area (Å²) in [4.78, 5) is 37.6. The zero-order chi connectivity index (χ0) is 27.5. The second-order valence-corrected chi connectivity index (χ2v) is 9.37. The van der Waals surface area contributed by atoms with Crippen LogP contribution in [-0.2, 0) is 19.1 Å². The van der Waals surface area contributed by atoms with Crippen molar-refractivity contribution in [2.45, 2.75) is 110 Å². The molecule has 9 nitrogen and oxygen atoms in total. The minimum Gasteiger partial charge on any atom is -0.465 e. The van der Waals surface area contributed by atoms with E-state index >= 15 is 0 Å². The smallest absolute Gasteiger partial charge is 0.374 e. The van der Waals surface area contributed by atoms with Gasteiger partial charge in [0.05, 0.1) is 19.3 Å². The summed E-state index contributed by atoms with van der Waals surface area (Å²) >= 11 is 0. The highest BCUT2D eigenvalue weighted by atomic mass is 16.6. The molecule has 0 aromatic carbocycles. The third-order valence-electron chi connectivity index (χ3n) is 6.15. The summed E-state index contributed by atoms with van der Waals surface area (Å²) in [7, 11) is 1.33. The van der Waals surface area contributed by atoms with Gasteiger partial charge in [0, 0.05) is 13.1 Å². The van der Waals surface area contributed by atoms with Crippen LogP contribution in [0.1, 0.15) is 108 Å². The van der Waals surface area contributed by atoms with Crippen LogP contribution in [0.5, 0.6) is 5.95 Å². The lowest BCUT2D eigenvalue weighted by Crippen LogP contribution is -2.50. The number of nitrogens with zero attached hydrogens (tertiary/aromatic N) is 1. The second kappa shape index (κ2) is 19.5. The molecule has 2 atom stereocenters. The van der Waals surface area contributed by atoms with Crippen LogP contribution in [0.15, 0.2) is 16.5 Å². The number of rotatable bonds is 21. The average molecular weight is 526 g/mol. The van der Waals surface area contributed by atoms with Crippen LogP contribution < -0.4 is 4.74 Å². The molecule has 0 aliphatic carbocycles. The number of unbranched alkanes of at least 4 members (excludes halogenated alkanes) is 11. The van der Waals surface area contributed by atoms with Gasteiger partial charge in [-0.3, -0.25) is 4.79 Å². The summed E-state index contributed by atoms with van der Waals surface area (Å²) in [6.45, 7) is 5.24. The van der Waals surface area contributed by atoms with Crippen molar-refractivity contribution in [3.63, 3.8) is 0 Å². The van der Waals surface area contributed by atoms with Crippen molar-refractivity contribution in [2.75, 3.05) is 26.9 Å². The maximum Gasteiger partial charge on any atom is 0.374 e. The van der Waals surface area contributed by atoms with Gasteiger partial charge in [0.15, 0.2) is 12.6 Å². The van der Waals surface area contributed by atoms with E-state index in [2.05, 4.69) is 6.92 Å². The molecule has 37 heavy (non-hydrogen) atoms. The van der Waals surface area contributed by atoms with Crippen molar-refractivity contribution >= 4 is 17.8 Å². The molecule has 0 fully saturated rings. The van der Waals surface area contributed by atoms with Gasteiger partial charge in [-0.05, 0) is 26.3 Å². The van der Waals surface area contributed by atoms with Gasteiger partial charge in [-0.25, -0.2) is 9.59 Å². The summed E-state index contributed by atoms with van der Waals surface area (Å²) in [5.41, 5.74) is 0. The number of carbonyl (C=O) groups is 3. The van der Waals surface area contributed by atoms with Crippen molar-refractivity contribution in [1.29, 1.82) is 0 Å². The van der Waals surface area contributed by atoms with Gasteiger partial charge < -0.3 is 28.6 Å². The number of amides is 1. The molecule has 0 saturated carbocycles. The molecular formula is C28H47NO8. The van der Waals surface area contributed by atoms with Gasteiger partial charge in [0.25, 0.3) is 11.9 Å². The molecule has 9 heteroatoms. The number of aliphatic hydroxyl groups is 1. The lowest BCUT2D eigenvalue weighted by molar-refractivity contribution is -0.159. The Morgan fingerprint density at radius 2 is 1.46 bits per heavy atom. The molecule has 0 spiro atoms. The minimum absolute atomic E-state index is 0.0855. The lowest BCUT2D eigenvalue weighted by Gasteiger charge is -2.28. The molecule has 1 N–H and O–H groups in total. The normalized spacial score (nSPS) is 12.6. The van der Waals surface area contributed by atoms with E-state index in [-0.39, 0.29) is 18.3 Å². The Kier molecular flexibility index (Phi) is 17.2. The van der Waals surface area contributed by atoms with E-state index in [4.69, 9.17) is 18.6 Å². The minimum atomic E-state index is -1.20. The fourth-order valence-corrected chi connectivity index (χ4v) is 3.98. The van der Waals surface area contributed by atoms with Crippen LogP contribution >= 0.6 is 0 Å². The van der Waals surface area contributed by atoms with Crippen molar-refractivity contribution < 1.29 is 38.1 Å². The number of furan rings is 1. The number of aliphatic hydroxyl groups excluding tert-OH is 1.